The van der Waals surface area contributed by atoms with Crippen LogP contribution >= 0.6 is 0 Å². The maximum atomic E-state index is 6.17. The van der Waals surface area contributed by atoms with E-state index in [1.165, 1.54) is 23.6 Å². The van der Waals surface area contributed by atoms with E-state index in [1.54, 1.807) is 11.1 Å². The Morgan fingerprint density at radius 3 is 1.90 bits per heavy atom. The number of fused-ring (bicyclic) bond motifs is 2. The van der Waals surface area contributed by atoms with Crippen molar-refractivity contribution in [3.63, 3.8) is 0 Å². The fourth-order valence-electron chi connectivity index (χ4n) is 4.63. The van der Waals surface area contributed by atoms with E-state index in [-0.39, 0.29) is 5.43 Å². The van der Waals surface area contributed by atoms with Crippen LogP contribution in [0.2, 0.25) is 32.2 Å². The molecule has 0 amide bonds. The van der Waals surface area contributed by atoms with Crippen LogP contribution in [0.25, 0.3) is 12.2 Å². The standard InChI is InChI=1S/2C9H7.C7H18OSi2.Zr/c2*1-2-5-9-7-3-6-8(9)4-1;1-9-7-5-6-8-10(2,3)4;/h2*1-7H;5-7H2,1-4H3;. The summed E-state index contributed by atoms with van der Waals surface area (Å²) in [5.74, 6) is 0. The number of hydrogen-bond acceptors (Lipinski definition) is 1. The average molecular weight is 496 g/mol. The summed E-state index contributed by atoms with van der Waals surface area (Å²) >= 11 is -1.85. The van der Waals surface area contributed by atoms with Gasteiger partial charge in [-0.05, 0) is 0 Å². The van der Waals surface area contributed by atoms with Crippen molar-refractivity contribution >= 4 is 25.9 Å². The molecule has 2 aromatic rings. The molecule has 0 aliphatic heterocycles. The Morgan fingerprint density at radius 2 is 1.38 bits per heavy atom. The molecule has 2 aromatic carbocycles. The Balaban J connectivity index is 1.66. The molecule has 29 heavy (non-hydrogen) atoms. The Morgan fingerprint density at radius 1 is 0.862 bits per heavy atom. The van der Waals surface area contributed by atoms with Crippen LogP contribution in [0.5, 0.6) is 0 Å². The zero-order valence-electron chi connectivity index (χ0n) is 18.1. The first-order chi connectivity index (χ1) is 13.9. The van der Waals surface area contributed by atoms with Crippen LogP contribution in [0.4, 0.5) is 0 Å². The molecule has 2 atom stereocenters. The molecule has 0 saturated heterocycles. The van der Waals surface area contributed by atoms with Crippen molar-refractivity contribution in [1.82, 2.24) is 0 Å². The van der Waals surface area contributed by atoms with E-state index in [4.69, 9.17) is 4.43 Å². The summed E-state index contributed by atoms with van der Waals surface area (Å²) < 4.78 is 7.63. The van der Waals surface area contributed by atoms with Gasteiger partial charge in [0.1, 0.15) is 0 Å². The molecule has 150 valence electrons. The Bertz CT molecular complexity index is 921. The van der Waals surface area contributed by atoms with Crippen molar-refractivity contribution < 1.29 is 24.8 Å². The van der Waals surface area contributed by atoms with Gasteiger partial charge in [-0.1, -0.05) is 0 Å². The monoisotopic (exact) mass is 494 g/mol. The van der Waals surface area contributed by atoms with Gasteiger partial charge in [0.05, 0.1) is 0 Å². The van der Waals surface area contributed by atoms with Crippen molar-refractivity contribution in [2.24, 2.45) is 0 Å². The van der Waals surface area contributed by atoms with E-state index in [1.807, 2.05) is 0 Å². The molecule has 0 heterocycles. The van der Waals surface area contributed by atoms with E-state index in [9.17, 15) is 0 Å². The quantitative estimate of drug-likeness (QED) is 0.297. The van der Waals surface area contributed by atoms with Crippen molar-refractivity contribution in [2.45, 2.75) is 45.9 Å². The number of hydrogen-bond donors (Lipinski definition) is 0. The molecule has 1 nitrogen and oxygen atoms in total. The summed E-state index contributed by atoms with van der Waals surface area (Å²) in [7, 11) is -1.40. The van der Waals surface area contributed by atoms with Gasteiger partial charge in [-0.25, -0.2) is 0 Å². The van der Waals surface area contributed by atoms with Crippen LogP contribution < -0.4 is 0 Å². The van der Waals surface area contributed by atoms with E-state index < -0.39 is 28.7 Å². The van der Waals surface area contributed by atoms with Gasteiger partial charge < -0.3 is 0 Å². The third kappa shape index (κ3) is 4.93. The Labute approximate surface area is 185 Å². The molecular formula is C25H32OSi2Zr. The summed E-state index contributed by atoms with van der Waals surface area (Å²) in [5, 5.41) is 0. The second-order valence-corrected chi connectivity index (χ2v) is 30.8. The van der Waals surface area contributed by atoms with Crippen molar-refractivity contribution in [1.29, 1.82) is 0 Å². The van der Waals surface area contributed by atoms with Crippen LogP contribution in [-0.4, -0.2) is 20.4 Å². The van der Waals surface area contributed by atoms with Gasteiger partial charge >= 0.3 is 186 Å². The zero-order chi connectivity index (χ0) is 20.4. The molecular weight excluding hydrogens is 464 g/mol. The minimum absolute atomic E-state index is 0.365. The molecule has 0 bridgehead atoms. The molecule has 4 rings (SSSR count). The van der Waals surface area contributed by atoms with Crippen LogP contribution in [0.3, 0.4) is 0 Å². The predicted molar refractivity (Wildman–Crippen MR) is 127 cm³/mol. The molecule has 0 radical (unpaired) electrons. The summed E-state index contributed by atoms with van der Waals surface area (Å²) in [6.07, 6.45) is 11.2. The molecule has 2 aliphatic carbocycles. The third-order valence-electron chi connectivity index (χ3n) is 5.99. The van der Waals surface area contributed by atoms with Gasteiger partial charge in [-0.2, -0.15) is 0 Å². The van der Waals surface area contributed by atoms with E-state index in [2.05, 4.69) is 99.0 Å². The van der Waals surface area contributed by atoms with Crippen molar-refractivity contribution in [2.75, 3.05) is 6.61 Å². The van der Waals surface area contributed by atoms with Crippen LogP contribution in [0, 0.1) is 0 Å². The molecule has 0 aromatic heterocycles. The van der Waals surface area contributed by atoms with Gasteiger partial charge in [-0.3, -0.25) is 0 Å². The summed E-state index contributed by atoms with van der Waals surface area (Å²) in [4.78, 5) is 0. The van der Waals surface area contributed by atoms with Crippen LogP contribution in [-0.2, 0) is 24.8 Å². The molecule has 0 N–H and O–H groups in total. The minimum atomic E-state index is -1.85. The molecule has 2 aliphatic rings. The first-order valence-corrected chi connectivity index (χ1v) is 23.0. The van der Waals surface area contributed by atoms with Gasteiger partial charge in [0.2, 0.25) is 0 Å². The van der Waals surface area contributed by atoms with Crippen LogP contribution in [0.15, 0.2) is 60.7 Å². The van der Waals surface area contributed by atoms with Gasteiger partial charge in [0.25, 0.3) is 0 Å². The van der Waals surface area contributed by atoms with Crippen molar-refractivity contribution in [3.8, 4) is 0 Å². The normalized spacial score (nSPS) is 19.3. The summed E-state index contributed by atoms with van der Waals surface area (Å²) in [5.41, 5.74) is 5.78. The Hall–Kier alpha value is -0.803. The third-order valence-corrected chi connectivity index (χ3v) is 27.7. The second-order valence-electron chi connectivity index (χ2n) is 9.23. The molecule has 0 spiro atoms. The predicted octanol–water partition coefficient (Wildman–Crippen LogP) is 7.00. The molecule has 0 saturated carbocycles. The van der Waals surface area contributed by atoms with E-state index in [0.717, 1.165) is 13.9 Å². The average Bonchev–Trinajstić information content (AvgIpc) is 3.30. The Kier molecular flexibility index (Phi) is 6.75. The zero-order valence-corrected chi connectivity index (χ0v) is 22.6. The molecule has 0 fully saturated rings. The molecule has 4 heteroatoms. The molecule has 2 unspecified atom stereocenters. The van der Waals surface area contributed by atoms with Gasteiger partial charge in [0.15, 0.2) is 0 Å². The summed E-state index contributed by atoms with van der Waals surface area (Å²) in [6.45, 7) is 10.5. The first-order valence-electron chi connectivity index (χ1n) is 10.8. The van der Waals surface area contributed by atoms with Gasteiger partial charge in [-0.15, -0.1) is 0 Å². The maximum absolute atomic E-state index is 6.17. The topological polar surface area (TPSA) is 9.23 Å². The summed E-state index contributed by atoms with van der Waals surface area (Å²) in [6, 6.07) is 19.6. The first kappa shape index (κ1) is 21.4. The van der Waals surface area contributed by atoms with Crippen LogP contribution in [0.1, 0.15) is 35.9 Å². The number of allylic oxidation sites excluding steroid dienone is 2. The van der Waals surface area contributed by atoms with Gasteiger partial charge in [0, 0.05) is 0 Å². The SMILES string of the molecule is C[Si](CCCO[Si](C)(C)C)=[Zr]([CH]1C=Cc2ccccc21)[CH]1C=Cc2ccccc21. The van der Waals surface area contributed by atoms with Crippen molar-refractivity contribution in [3.05, 3.63) is 82.9 Å². The number of benzene rings is 2. The van der Waals surface area contributed by atoms with E-state index >= 15 is 0 Å². The fraction of sp³-hybridized carbons (Fsp3) is 0.360. The number of rotatable bonds is 7. The fourth-order valence-corrected chi connectivity index (χ4v) is 27.0. The van der Waals surface area contributed by atoms with E-state index in [0.29, 0.717) is 0 Å². The second kappa shape index (κ2) is 9.14.